The quantitative estimate of drug-likeness (QED) is 0.757. The highest BCUT2D eigenvalue weighted by molar-refractivity contribution is 7.89. The number of fused-ring (bicyclic) bond motifs is 1. The minimum absolute atomic E-state index is 0.179. The third-order valence-corrected chi connectivity index (χ3v) is 7.10. The number of nitrogens with one attached hydrogen (secondary N) is 1. The predicted octanol–water partition coefficient (Wildman–Crippen LogP) is 3.78. The van der Waals surface area contributed by atoms with Gasteiger partial charge in [-0.25, -0.2) is 13.4 Å². The summed E-state index contributed by atoms with van der Waals surface area (Å²) >= 11 is 6.08. The van der Waals surface area contributed by atoms with E-state index >= 15 is 0 Å². The first-order valence-electron chi connectivity index (χ1n) is 8.25. The maximum absolute atomic E-state index is 12.8. The third-order valence-electron chi connectivity index (χ3n) is 4.70. The zero-order valence-corrected chi connectivity index (χ0v) is 15.1. The van der Waals surface area contributed by atoms with E-state index in [1.54, 1.807) is 24.3 Å². The number of rotatable bonds is 3. The fraction of sp³-hybridized carbons (Fsp3) is 0.278. The molecule has 0 atom stereocenters. The third kappa shape index (κ3) is 3.05. The van der Waals surface area contributed by atoms with Crippen LogP contribution in [0.5, 0.6) is 0 Å². The Morgan fingerprint density at radius 3 is 2.44 bits per heavy atom. The van der Waals surface area contributed by atoms with Gasteiger partial charge in [0, 0.05) is 19.0 Å². The number of H-pyrrole nitrogens is 1. The molecule has 0 saturated carbocycles. The maximum atomic E-state index is 12.8. The molecule has 2 aromatic carbocycles. The van der Waals surface area contributed by atoms with Crippen LogP contribution in [0.15, 0.2) is 53.4 Å². The van der Waals surface area contributed by atoms with Crippen LogP contribution in [0, 0.1) is 0 Å². The highest BCUT2D eigenvalue weighted by atomic mass is 35.5. The van der Waals surface area contributed by atoms with Crippen LogP contribution in [-0.2, 0) is 10.0 Å². The van der Waals surface area contributed by atoms with Crippen LogP contribution in [0.2, 0.25) is 5.02 Å². The van der Waals surface area contributed by atoms with Gasteiger partial charge in [0.15, 0.2) is 0 Å². The second-order valence-electron chi connectivity index (χ2n) is 6.25. The number of sulfonamides is 1. The Balaban J connectivity index is 1.52. The molecule has 0 radical (unpaired) electrons. The Morgan fingerprint density at radius 1 is 1.04 bits per heavy atom. The van der Waals surface area contributed by atoms with Gasteiger partial charge in [0.25, 0.3) is 0 Å². The molecular weight excluding hydrogens is 358 g/mol. The van der Waals surface area contributed by atoms with Crippen LogP contribution in [0.25, 0.3) is 11.0 Å². The lowest BCUT2D eigenvalue weighted by Crippen LogP contribution is -2.38. The number of benzene rings is 2. The van der Waals surface area contributed by atoms with Crippen LogP contribution in [0.4, 0.5) is 0 Å². The van der Waals surface area contributed by atoms with Crippen molar-refractivity contribution in [3.05, 3.63) is 59.4 Å². The molecule has 1 aliphatic heterocycles. The summed E-state index contributed by atoms with van der Waals surface area (Å²) in [4.78, 5) is 8.19. The summed E-state index contributed by atoms with van der Waals surface area (Å²) in [5.74, 6) is 1.18. The van der Waals surface area contributed by atoms with Gasteiger partial charge in [0.1, 0.15) is 10.7 Å². The van der Waals surface area contributed by atoms with Crippen molar-refractivity contribution in [2.45, 2.75) is 23.7 Å². The van der Waals surface area contributed by atoms with E-state index in [1.807, 2.05) is 24.3 Å². The largest absolute Gasteiger partial charge is 0.342 e. The molecule has 4 rings (SSSR count). The zero-order chi connectivity index (χ0) is 17.4. The van der Waals surface area contributed by atoms with E-state index in [2.05, 4.69) is 9.97 Å². The molecule has 1 aromatic heterocycles. The van der Waals surface area contributed by atoms with Crippen LogP contribution >= 0.6 is 11.6 Å². The number of aromatic amines is 1. The Kier molecular flexibility index (Phi) is 4.27. The highest BCUT2D eigenvalue weighted by Crippen LogP contribution is 2.32. The van der Waals surface area contributed by atoms with Gasteiger partial charge in [0.05, 0.1) is 16.1 Å². The van der Waals surface area contributed by atoms with E-state index in [1.165, 1.54) is 4.31 Å². The Hall–Kier alpha value is -1.89. The fourth-order valence-electron chi connectivity index (χ4n) is 3.33. The summed E-state index contributed by atoms with van der Waals surface area (Å²) in [6, 6.07) is 14.5. The average Bonchev–Trinajstić information content (AvgIpc) is 3.06. The number of para-hydroxylation sites is 2. The summed E-state index contributed by atoms with van der Waals surface area (Å²) < 4.78 is 27.1. The van der Waals surface area contributed by atoms with E-state index in [-0.39, 0.29) is 15.8 Å². The molecule has 25 heavy (non-hydrogen) atoms. The lowest BCUT2D eigenvalue weighted by molar-refractivity contribution is 0.314. The lowest BCUT2D eigenvalue weighted by atomic mass is 9.97. The summed E-state index contributed by atoms with van der Waals surface area (Å²) in [6.07, 6.45) is 1.48. The first kappa shape index (κ1) is 16.6. The molecule has 5 nitrogen and oxygen atoms in total. The van der Waals surface area contributed by atoms with Crippen LogP contribution in [0.1, 0.15) is 24.6 Å². The summed E-state index contributed by atoms with van der Waals surface area (Å²) in [5.41, 5.74) is 1.97. The molecule has 1 saturated heterocycles. The Bertz CT molecular complexity index is 975. The van der Waals surface area contributed by atoms with Gasteiger partial charge >= 0.3 is 0 Å². The van der Waals surface area contributed by atoms with Crippen molar-refractivity contribution in [1.29, 1.82) is 0 Å². The average molecular weight is 376 g/mol. The van der Waals surface area contributed by atoms with Gasteiger partial charge < -0.3 is 4.98 Å². The van der Waals surface area contributed by atoms with Crippen LogP contribution in [-0.4, -0.2) is 35.8 Å². The second kappa shape index (κ2) is 6.44. The van der Waals surface area contributed by atoms with E-state index in [4.69, 9.17) is 11.6 Å². The Labute approximate surface area is 151 Å². The molecular formula is C18H18ClN3O2S. The molecule has 0 spiro atoms. The number of aromatic nitrogens is 2. The molecule has 0 bridgehead atoms. The van der Waals surface area contributed by atoms with Crippen molar-refractivity contribution < 1.29 is 8.42 Å². The molecule has 7 heteroatoms. The lowest BCUT2D eigenvalue weighted by Gasteiger charge is -2.30. The summed E-state index contributed by atoms with van der Waals surface area (Å²) in [7, 11) is -3.55. The topological polar surface area (TPSA) is 66.1 Å². The van der Waals surface area contributed by atoms with E-state index < -0.39 is 10.0 Å². The van der Waals surface area contributed by atoms with Crippen molar-refractivity contribution in [3.8, 4) is 0 Å². The molecule has 1 N–H and O–H groups in total. The van der Waals surface area contributed by atoms with Gasteiger partial charge in [-0.1, -0.05) is 35.9 Å². The van der Waals surface area contributed by atoms with Crippen LogP contribution in [0.3, 0.4) is 0 Å². The number of imidazole rings is 1. The van der Waals surface area contributed by atoms with E-state index in [0.29, 0.717) is 13.1 Å². The number of piperidine rings is 1. The molecule has 1 fully saturated rings. The number of hydrogen-bond acceptors (Lipinski definition) is 3. The molecule has 0 unspecified atom stereocenters. The van der Waals surface area contributed by atoms with Gasteiger partial charge in [0.2, 0.25) is 10.0 Å². The van der Waals surface area contributed by atoms with Gasteiger partial charge in [-0.3, -0.25) is 0 Å². The van der Waals surface area contributed by atoms with E-state index in [0.717, 1.165) is 29.7 Å². The predicted molar refractivity (Wildman–Crippen MR) is 98.3 cm³/mol. The molecule has 3 aromatic rings. The highest BCUT2D eigenvalue weighted by Gasteiger charge is 2.32. The molecule has 130 valence electrons. The summed E-state index contributed by atoms with van der Waals surface area (Å²) in [5, 5.41) is 0.266. The van der Waals surface area contributed by atoms with Crippen LogP contribution < -0.4 is 0 Å². The number of nitrogens with zero attached hydrogens (tertiary/aromatic N) is 2. The maximum Gasteiger partial charge on any atom is 0.244 e. The van der Waals surface area contributed by atoms with E-state index in [9.17, 15) is 8.42 Å². The zero-order valence-electron chi connectivity index (χ0n) is 13.5. The van der Waals surface area contributed by atoms with Crippen molar-refractivity contribution in [2.24, 2.45) is 0 Å². The second-order valence-corrected chi connectivity index (χ2v) is 8.56. The monoisotopic (exact) mass is 375 g/mol. The fourth-order valence-corrected chi connectivity index (χ4v) is 5.29. The molecule has 1 aliphatic rings. The van der Waals surface area contributed by atoms with Crippen molar-refractivity contribution in [2.75, 3.05) is 13.1 Å². The molecule has 0 aliphatic carbocycles. The Morgan fingerprint density at radius 2 is 1.72 bits per heavy atom. The summed E-state index contributed by atoms with van der Waals surface area (Å²) in [6.45, 7) is 0.935. The van der Waals surface area contributed by atoms with Gasteiger partial charge in [-0.05, 0) is 37.1 Å². The molecule has 2 heterocycles. The standard InChI is InChI=1S/C18H18ClN3O2S/c19-14-5-1-4-8-17(14)25(23,24)22-11-9-13(10-12-22)18-20-15-6-2-3-7-16(15)21-18/h1-8,13H,9-12H2,(H,20,21). The molecule has 0 amide bonds. The van der Waals surface area contributed by atoms with Gasteiger partial charge in [-0.15, -0.1) is 0 Å². The minimum atomic E-state index is -3.55. The van der Waals surface area contributed by atoms with Gasteiger partial charge in [-0.2, -0.15) is 4.31 Å². The normalized spacial score (nSPS) is 17.2. The SMILES string of the molecule is O=S(=O)(c1ccccc1Cl)N1CCC(c2nc3ccccc3[nH]2)CC1. The first-order chi connectivity index (χ1) is 12.1. The minimum Gasteiger partial charge on any atom is -0.342 e. The number of hydrogen-bond donors (Lipinski definition) is 1. The smallest absolute Gasteiger partial charge is 0.244 e. The number of halogens is 1. The van der Waals surface area contributed by atoms with Crippen molar-refractivity contribution in [3.63, 3.8) is 0 Å². The van der Waals surface area contributed by atoms with Crippen molar-refractivity contribution in [1.82, 2.24) is 14.3 Å². The first-order valence-corrected chi connectivity index (χ1v) is 10.1. The van der Waals surface area contributed by atoms with Crippen molar-refractivity contribution >= 4 is 32.7 Å².